The first-order valence-electron chi connectivity index (χ1n) is 16.5. The van der Waals surface area contributed by atoms with Gasteiger partial charge in [0.1, 0.15) is 47.5 Å². The molecule has 56 heavy (non-hydrogen) atoms. The number of fused-ring (bicyclic) bond motifs is 5. The number of esters is 2. The molecule has 5 heterocycles. The SMILES string of the molecule is N#CC(C#N)=Nc1ccc(C2=Cc3sc4c(sc5cc(-c6ccc(N=C(C#N)C#N)s6)sc54)c3C2(C(=O)OCc2ccccc2)C(=O)OCc2ccccc2)s1. The van der Waals surface area contributed by atoms with Gasteiger partial charge in [-0.05, 0) is 47.5 Å². The normalized spacial score (nSPS) is 12.4. The average molecular weight is 821 g/mol. The van der Waals surface area contributed by atoms with Crippen LogP contribution < -0.4 is 0 Å². The molecule has 10 nitrogen and oxygen atoms in total. The Kier molecular flexibility index (Phi) is 9.94. The van der Waals surface area contributed by atoms with Crippen LogP contribution in [0.1, 0.15) is 26.4 Å². The van der Waals surface area contributed by atoms with Gasteiger partial charge >= 0.3 is 11.9 Å². The molecule has 0 bridgehead atoms. The van der Waals surface area contributed by atoms with E-state index >= 15 is 0 Å². The number of benzene rings is 2. The molecule has 0 radical (unpaired) electrons. The Morgan fingerprint density at radius 1 is 0.589 bits per heavy atom. The van der Waals surface area contributed by atoms with Gasteiger partial charge in [-0.3, -0.25) is 9.59 Å². The topological polar surface area (TPSA) is 172 Å². The van der Waals surface area contributed by atoms with Crippen molar-refractivity contribution >= 4 is 120 Å². The molecule has 0 amide bonds. The minimum atomic E-state index is -2.04. The van der Waals surface area contributed by atoms with E-state index < -0.39 is 17.4 Å². The molecule has 0 atom stereocenters. The van der Waals surface area contributed by atoms with Gasteiger partial charge in [-0.1, -0.05) is 60.7 Å². The predicted molar refractivity (Wildman–Crippen MR) is 221 cm³/mol. The fourth-order valence-corrected chi connectivity index (χ4v) is 12.4. The van der Waals surface area contributed by atoms with E-state index in [1.54, 1.807) is 53.8 Å². The number of ether oxygens (including phenoxy) is 2. The number of aliphatic imine (C=N–C) groups is 2. The van der Waals surface area contributed by atoms with Crippen LogP contribution in [0.25, 0.3) is 40.2 Å². The fraction of sp³-hybridized carbons (Fsp3) is 0.0732. The van der Waals surface area contributed by atoms with E-state index in [4.69, 9.17) is 20.0 Å². The molecule has 1 aliphatic rings. The van der Waals surface area contributed by atoms with Crippen molar-refractivity contribution in [3.8, 4) is 34.0 Å². The van der Waals surface area contributed by atoms with Crippen molar-refractivity contribution in [3.63, 3.8) is 0 Å². The first-order valence-corrected chi connectivity index (χ1v) is 20.6. The lowest BCUT2D eigenvalue weighted by Crippen LogP contribution is -2.45. The lowest BCUT2D eigenvalue weighted by Gasteiger charge is -2.29. The Balaban J connectivity index is 1.29. The number of hydrogen-bond donors (Lipinski definition) is 0. The molecule has 0 spiro atoms. The Morgan fingerprint density at radius 2 is 1.12 bits per heavy atom. The molecule has 0 saturated carbocycles. The smallest absolute Gasteiger partial charge is 0.333 e. The molecular weight excluding hydrogens is 801 g/mol. The van der Waals surface area contributed by atoms with E-state index in [1.807, 2.05) is 72.8 Å². The summed E-state index contributed by atoms with van der Waals surface area (Å²) in [6, 6.07) is 34.6. The van der Waals surface area contributed by atoms with Crippen molar-refractivity contribution in [3.05, 3.63) is 117 Å². The van der Waals surface area contributed by atoms with Crippen LogP contribution in [0, 0.1) is 45.3 Å². The van der Waals surface area contributed by atoms with Crippen molar-refractivity contribution in [1.82, 2.24) is 0 Å². The number of nitrogens with zero attached hydrogens (tertiary/aromatic N) is 6. The second-order valence-corrected chi connectivity index (χ2v) is 17.3. The summed E-state index contributed by atoms with van der Waals surface area (Å²) in [6.45, 7) is -0.173. The van der Waals surface area contributed by atoms with Crippen LogP contribution in [0.5, 0.6) is 0 Å². The van der Waals surface area contributed by atoms with Crippen LogP contribution in [-0.4, -0.2) is 23.4 Å². The van der Waals surface area contributed by atoms with Crippen molar-refractivity contribution in [2.24, 2.45) is 9.98 Å². The maximum atomic E-state index is 15.0. The van der Waals surface area contributed by atoms with Gasteiger partial charge < -0.3 is 9.47 Å². The summed E-state index contributed by atoms with van der Waals surface area (Å²) in [6.07, 6.45) is 1.83. The van der Waals surface area contributed by atoms with Gasteiger partial charge in [-0.15, -0.1) is 56.7 Å². The highest BCUT2D eigenvalue weighted by atomic mass is 32.1. The van der Waals surface area contributed by atoms with Crippen molar-refractivity contribution in [1.29, 1.82) is 21.0 Å². The van der Waals surface area contributed by atoms with E-state index in [2.05, 4.69) is 16.1 Å². The minimum absolute atomic E-state index is 0.0864. The molecule has 0 N–H and O–H groups in total. The summed E-state index contributed by atoms with van der Waals surface area (Å²) >= 11 is 7.01. The monoisotopic (exact) mass is 820 g/mol. The van der Waals surface area contributed by atoms with Gasteiger partial charge in [0, 0.05) is 35.3 Å². The Labute approximate surface area is 338 Å². The zero-order valence-corrected chi connectivity index (χ0v) is 32.6. The third-order valence-electron chi connectivity index (χ3n) is 8.66. The summed E-state index contributed by atoms with van der Waals surface area (Å²) in [5.74, 6) is -1.59. The second-order valence-electron chi connectivity index (χ2n) is 12.0. The second kappa shape index (κ2) is 15.3. The van der Waals surface area contributed by atoms with E-state index in [0.717, 1.165) is 51.0 Å². The molecular formula is C41H20N6O4S5. The van der Waals surface area contributed by atoms with Gasteiger partial charge in [0.15, 0.2) is 0 Å². The number of hydrogen-bond acceptors (Lipinski definition) is 15. The molecule has 0 saturated heterocycles. The van der Waals surface area contributed by atoms with E-state index in [-0.39, 0.29) is 24.6 Å². The lowest BCUT2D eigenvalue weighted by molar-refractivity contribution is -0.163. The van der Waals surface area contributed by atoms with E-state index in [1.165, 1.54) is 34.0 Å². The van der Waals surface area contributed by atoms with Gasteiger partial charge in [0.2, 0.25) is 16.8 Å². The summed E-state index contributed by atoms with van der Waals surface area (Å²) in [7, 11) is 0. The summed E-state index contributed by atoms with van der Waals surface area (Å²) in [5.41, 5.74) is -0.257. The predicted octanol–water partition coefficient (Wildman–Crippen LogP) is 10.5. The molecule has 0 aliphatic heterocycles. The van der Waals surface area contributed by atoms with Gasteiger partial charge in [-0.2, -0.15) is 21.0 Å². The van der Waals surface area contributed by atoms with Crippen LogP contribution in [0.15, 0.2) is 101 Å². The number of carbonyl (C=O) groups excluding carboxylic acids is 2. The minimum Gasteiger partial charge on any atom is -0.459 e. The summed E-state index contributed by atoms with van der Waals surface area (Å²) in [4.78, 5) is 41.3. The molecule has 8 rings (SSSR count). The number of thiophene rings is 5. The van der Waals surface area contributed by atoms with Crippen LogP contribution in [0.2, 0.25) is 0 Å². The molecule has 7 aromatic rings. The molecule has 0 fully saturated rings. The highest BCUT2D eigenvalue weighted by Gasteiger charge is 2.60. The molecule has 15 heteroatoms. The maximum absolute atomic E-state index is 15.0. The number of rotatable bonds is 10. The highest BCUT2D eigenvalue weighted by molar-refractivity contribution is 7.40. The summed E-state index contributed by atoms with van der Waals surface area (Å²) < 4.78 is 15.8. The van der Waals surface area contributed by atoms with Crippen molar-refractivity contribution < 1.29 is 19.1 Å². The molecule has 268 valence electrons. The third kappa shape index (κ3) is 6.50. The largest absolute Gasteiger partial charge is 0.459 e. The number of nitriles is 4. The highest BCUT2D eigenvalue weighted by Crippen LogP contribution is 2.59. The van der Waals surface area contributed by atoms with Gasteiger partial charge in [0.25, 0.3) is 0 Å². The average Bonchev–Trinajstić information content (AvgIpc) is 4.09. The third-order valence-corrected chi connectivity index (χ3v) is 14.7. The van der Waals surface area contributed by atoms with Gasteiger partial charge in [-0.25, -0.2) is 9.98 Å². The standard InChI is InChI=1S/C41H20N6O4S5/c42-17-25(18-43)46-33-13-11-28(52-33)27-15-31-35(37-38(55-31)36-32(56-37)16-30(54-36)29-12-14-34(53-29)47-26(19-44)20-45)41(27,39(48)50-21-23-7-3-1-4-8-23)40(49)51-22-24-9-5-2-6-10-24/h1-16H,21-22H2. The van der Waals surface area contributed by atoms with E-state index in [0.29, 0.717) is 30.9 Å². The molecule has 0 unspecified atom stereocenters. The first kappa shape index (κ1) is 36.4. The first-order chi connectivity index (χ1) is 27.4. The van der Waals surface area contributed by atoms with Gasteiger partial charge in [0.05, 0.1) is 14.1 Å². The molecule has 1 aliphatic carbocycles. The molecule has 5 aromatic heterocycles. The molecule has 2 aromatic carbocycles. The van der Waals surface area contributed by atoms with Crippen LogP contribution >= 0.6 is 56.7 Å². The van der Waals surface area contributed by atoms with E-state index in [9.17, 15) is 20.1 Å². The fourth-order valence-electron chi connectivity index (χ4n) is 6.20. The quantitative estimate of drug-likeness (QED) is 0.0745. The lowest BCUT2D eigenvalue weighted by atomic mass is 9.77. The number of carbonyl (C=O) groups is 2. The maximum Gasteiger partial charge on any atom is 0.333 e. The Bertz CT molecular complexity index is 2880. The zero-order chi connectivity index (χ0) is 38.8. The van der Waals surface area contributed by atoms with Crippen molar-refractivity contribution in [2.45, 2.75) is 18.6 Å². The van der Waals surface area contributed by atoms with Crippen LogP contribution in [-0.2, 0) is 37.7 Å². The Morgan fingerprint density at radius 3 is 1.68 bits per heavy atom. The van der Waals surface area contributed by atoms with Crippen molar-refractivity contribution in [2.75, 3.05) is 0 Å². The zero-order valence-electron chi connectivity index (χ0n) is 28.5. The summed E-state index contributed by atoms with van der Waals surface area (Å²) in [5, 5.41) is 37.9. The Hall–Kier alpha value is -6.56. The van der Waals surface area contributed by atoms with Crippen LogP contribution in [0.3, 0.4) is 0 Å². The van der Waals surface area contributed by atoms with Crippen LogP contribution in [0.4, 0.5) is 10.0 Å².